The summed E-state index contributed by atoms with van der Waals surface area (Å²) in [5, 5.41) is 7.85. The highest BCUT2D eigenvalue weighted by molar-refractivity contribution is 5.94. The third-order valence-corrected chi connectivity index (χ3v) is 9.81. The first-order valence-corrected chi connectivity index (χ1v) is 16.9. The molecule has 48 heavy (non-hydrogen) atoms. The number of likely N-dealkylation sites (tertiary alicyclic amines) is 1. The molecule has 0 bridgehead atoms. The highest BCUT2D eigenvalue weighted by Crippen LogP contribution is 2.35. The molecule has 260 valence electrons. The van der Waals surface area contributed by atoms with Gasteiger partial charge in [0.15, 0.2) is 11.5 Å². The van der Waals surface area contributed by atoms with Crippen LogP contribution in [-0.4, -0.2) is 83.6 Å². The van der Waals surface area contributed by atoms with Crippen LogP contribution in [0.25, 0.3) is 11.5 Å². The largest absolute Gasteiger partial charge is 0.416 e. The third kappa shape index (κ3) is 8.07. The molecular formula is C35H44F3N5O5. The van der Waals surface area contributed by atoms with E-state index < -0.39 is 11.7 Å². The molecule has 3 fully saturated rings. The maximum atomic E-state index is 14.0. The maximum Gasteiger partial charge on any atom is 0.416 e. The number of rotatable bonds is 9. The summed E-state index contributed by atoms with van der Waals surface area (Å²) in [5.41, 5.74) is 2.37. The fraction of sp³-hybridized carbons (Fsp3) is 0.600. The molecule has 3 aromatic rings. The number of methoxy groups -OCH3 is 1. The first-order chi connectivity index (χ1) is 23.1. The van der Waals surface area contributed by atoms with Crippen molar-refractivity contribution in [3.63, 3.8) is 0 Å². The second kappa shape index (κ2) is 15.0. The molecule has 13 heteroatoms. The average molecular weight is 672 g/mol. The molecule has 0 radical (unpaired) electrons. The van der Waals surface area contributed by atoms with Gasteiger partial charge in [-0.1, -0.05) is 17.3 Å². The van der Waals surface area contributed by atoms with Crippen molar-refractivity contribution < 1.29 is 36.7 Å². The Hall–Kier alpha value is -3.39. The second-order valence-corrected chi connectivity index (χ2v) is 13.1. The van der Waals surface area contributed by atoms with Gasteiger partial charge in [0.1, 0.15) is 11.5 Å². The van der Waals surface area contributed by atoms with Gasteiger partial charge in [-0.15, -0.1) is 0 Å². The first kappa shape index (κ1) is 34.5. The minimum atomic E-state index is -4.37. The van der Waals surface area contributed by atoms with E-state index in [1.54, 1.807) is 20.1 Å². The Morgan fingerprint density at radius 2 is 1.83 bits per heavy atom. The Morgan fingerprint density at radius 3 is 2.52 bits per heavy atom. The van der Waals surface area contributed by atoms with Crippen LogP contribution in [-0.2, 0) is 26.8 Å². The van der Waals surface area contributed by atoms with Crippen LogP contribution in [0, 0.1) is 13.8 Å². The van der Waals surface area contributed by atoms with E-state index in [2.05, 4.69) is 10.5 Å². The lowest BCUT2D eigenvalue weighted by Gasteiger charge is -2.38. The molecule has 2 aromatic heterocycles. The number of piperidine rings is 1. The fourth-order valence-corrected chi connectivity index (χ4v) is 6.98. The number of carbonyl (C=O) groups excluding carboxylic acids is 1. The molecule has 10 nitrogen and oxygen atoms in total. The number of amides is 1. The van der Waals surface area contributed by atoms with Crippen LogP contribution < -0.4 is 5.32 Å². The lowest BCUT2D eigenvalue weighted by Crippen LogP contribution is -2.54. The Balaban J connectivity index is 1.13. The Bertz CT molecular complexity index is 1540. The molecule has 0 aliphatic carbocycles. The standard InChI is InChI=1S/C35H44F3N5O5/c1-21-19-29(42-48-21)33-40-27(12-11-26-5-4-6-30(47-26)23-7-9-24(10-8-23)35(36,37)38)22(2)32(41-33)34(44)43-16-13-25(14-17-43)39-28-15-18-46-20-31(28)45-3/h7-10,19,25-26,28,30-31,39H,4-6,11-18,20H2,1-3H3/t26-,28-,30+,31+/m1/s1. The van der Waals surface area contributed by atoms with Crippen LogP contribution >= 0.6 is 0 Å². The van der Waals surface area contributed by atoms with Crippen molar-refractivity contribution in [2.45, 2.75) is 102 Å². The maximum absolute atomic E-state index is 14.0. The summed E-state index contributed by atoms with van der Waals surface area (Å²) >= 11 is 0. The summed E-state index contributed by atoms with van der Waals surface area (Å²) in [5.74, 6) is 0.821. The van der Waals surface area contributed by atoms with E-state index in [0.29, 0.717) is 62.1 Å². The SMILES string of the molecule is CO[C@H]1COCC[C@H]1NC1CCN(C(=O)c2nc(-c3cc(C)on3)nc(CC[C@H]3CCC[C@@H](c4ccc(C(F)(F)F)cc4)O3)c2C)CC1. The fourth-order valence-electron chi connectivity index (χ4n) is 6.98. The minimum absolute atomic E-state index is 0.0220. The van der Waals surface area contributed by atoms with Crippen molar-refractivity contribution in [1.29, 1.82) is 0 Å². The van der Waals surface area contributed by atoms with E-state index in [9.17, 15) is 18.0 Å². The van der Waals surface area contributed by atoms with Crippen molar-refractivity contribution in [1.82, 2.24) is 25.3 Å². The Labute approximate surface area is 278 Å². The number of carbonyl (C=O) groups is 1. The molecule has 3 aliphatic rings. The normalized spacial score (nSPS) is 24.2. The van der Waals surface area contributed by atoms with Gasteiger partial charge < -0.3 is 29.0 Å². The number of nitrogens with zero attached hydrogens (tertiary/aromatic N) is 4. The van der Waals surface area contributed by atoms with Crippen LogP contribution in [0.4, 0.5) is 13.2 Å². The molecule has 0 unspecified atom stereocenters. The van der Waals surface area contributed by atoms with Gasteiger partial charge in [0, 0.05) is 56.2 Å². The summed E-state index contributed by atoms with van der Waals surface area (Å²) < 4.78 is 62.1. The van der Waals surface area contributed by atoms with Crippen molar-refractivity contribution in [2.75, 3.05) is 33.4 Å². The zero-order valence-corrected chi connectivity index (χ0v) is 27.7. The molecule has 3 aliphatic heterocycles. The van der Waals surface area contributed by atoms with Crippen LogP contribution in [0.1, 0.15) is 89.7 Å². The summed E-state index contributed by atoms with van der Waals surface area (Å²) in [7, 11) is 1.71. The number of hydrogen-bond donors (Lipinski definition) is 1. The van der Waals surface area contributed by atoms with Crippen LogP contribution in [0.15, 0.2) is 34.9 Å². The number of hydrogen-bond acceptors (Lipinski definition) is 9. The predicted molar refractivity (Wildman–Crippen MR) is 170 cm³/mol. The van der Waals surface area contributed by atoms with Crippen molar-refractivity contribution in [2.24, 2.45) is 0 Å². The number of aryl methyl sites for hydroxylation is 2. The van der Waals surface area contributed by atoms with Crippen molar-refractivity contribution >= 4 is 5.91 Å². The molecule has 4 atom stereocenters. The second-order valence-electron chi connectivity index (χ2n) is 13.1. The molecule has 1 N–H and O–H groups in total. The lowest BCUT2D eigenvalue weighted by molar-refractivity contribution is -0.137. The first-order valence-electron chi connectivity index (χ1n) is 16.9. The van der Waals surface area contributed by atoms with Gasteiger partial charge in [0.25, 0.3) is 5.91 Å². The summed E-state index contributed by atoms with van der Waals surface area (Å²) in [6.07, 6.45) is 1.49. The molecular weight excluding hydrogens is 627 g/mol. The number of nitrogens with one attached hydrogen (secondary N) is 1. The molecule has 5 heterocycles. The van der Waals surface area contributed by atoms with Crippen LogP contribution in [0.3, 0.4) is 0 Å². The zero-order chi connectivity index (χ0) is 33.8. The van der Waals surface area contributed by atoms with Gasteiger partial charge in [0.2, 0.25) is 0 Å². The van der Waals surface area contributed by atoms with Gasteiger partial charge in [0.05, 0.1) is 30.5 Å². The van der Waals surface area contributed by atoms with E-state index >= 15 is 0 Å². The minimum Gasteiger partial charge on any atom is -0.379 e. The number of halogens is 3. The number of alkyl halides is 3. The number of aromatic nitrogens is 3. The zero-order valence-electron chi connectivity index (χ0n) is 27.7. The van der Waals surface area contributed by atoms with Crippen LogP contribution in [0.5, 0.6) is 0 Å². The summed E-state index contributed by atoms with van der Waals surface area (Å²) in [4.78, 5) is 25.4. The van der Waals surface area contributed by atoms with Gasteiger partial charge >= 0.3 is 6.18 Å². The number of ether oxygens (including phenoxy) is 3. The lowest BCUT2D eigenvalue weighted by atomic mass is 9.95. The highest BCUT2D eigenvalue weighted by atomic mass is 19.4. The average Bonchev–Trinajstić information content (AvgIpc) is 3.54. The van der Waals surface area contributed by atoms with Gasteiger partial charge in [-0.3, -0.25) is 4.79 Å². The van der Waals surface area contributed by atoms with Gasteiger partial charge in [-0.05, 0) is 82.9 Å². The van der Waals surface area contributed by atoms with Crippen molar-refractivity contribution in [3.8, 4) is 11.5 Å². The van der Waals surface area contributed by atoms with Crippen LogP contribution in [0.2, 0.25) is 0 Å². The third-order valence-electron chi connectivity index (χ3n) is 9.81. The van der Waals surface area contributed by atoms with E-state index in [4.69, 9.17) is 28.7 Å². The molecule has 3 saturated heterocycles. The molecule has 0 saturated carbocycles. The Kier molecular flexibility index (Phi) is 10.8. The predicted octanol–water partition coefficient (Wildman–Crippen LogP) is 6.01. The molecule has 6 rings (SSSR count). The molecule has 1 amide bonds. The van der Waals surface area contributed by atoms with Gasteiger partial charge in [-0.2, -0.15) is 13.2 Å². The van der Waals surface area contributed by atoms with E-state index in [0.717, 1.165) is 67.5 Å². The van der Waals surface area contributed by atoms with Crippen molar-refractivity contribution in [3.05, 3.63) is 64.2 Å². The molecule has 0 spiro atoms. The highest BCUT2D eigenvalue weighted by Gasteiger charge is 2.33. The van der Waals surface area contributed by atoms with E-state index in [-0.39, 0.29) is 36.3 Å². The van der Waals surface area contributed by atoms with E-state index in [1.807, 2.05) is 11.8 Å². The monoisotopic (exact) mass is 671 g/mol. The topological polar surface area (TPSA) is 112 Å². The Morgan fingerprint density at radius 1 is 1.06 bits per heavy atom. The smallest absolute Gasteiger partial charge is 0.379 e. The quantitative estimate of drug-likeness (QED) is 0.293. The van der Waals surface area contributed by atoms with Gasteiger partial charge in [-0.25, -0.2) is 9.97 Å². The number of benzene rings is 1. The summed E-state index contributed by atoms with van der Waals surface area (Å²) in [6, 6.07) is 7.51. The molecule has 1 aromatic carbocycles. The van der Waals surface area contributed by atoms with E-state index in [1.165, 1.54) is 12.1 Å². The summed E-state index contributed by atoms with van der Waals surface area (Å²) in [6.45, 7) is 6.19.